The maximum Gasteiger partial charge on any atom is 0.252 e. The molecule has 5 heteroatoms. The van der Waals surface area contributed by atoms with Gasteiger partial charge in [0.25, 0.3) is 6.71 Å². The predicted octanol–water partition coefficient (Wildman–Crippen LogP) is 23.5. The average molecular weight is 1300 g/mol. The van der Waals surface area contributed by atoms with Gasteiger partial charge in [-0.25, -0.2) is 9.97 Å². The lowest BCUT2D eigenvalue weighted by Crippen LogP contribution is -2.59. The lowest BCUT2D eigenvalue weighted by atomic mass is 9.34. The third-order valence-corrected chi connectivity index (χ3v) is 21.9. The van der Waals surface area contributed by atoms with Gasteiger partial charge >= 0.3 is 0 Å². The van der Waals surface area contributed by atoms with Crippen molar-refractivity contribution in [2.24, 2.45) is 0 Å². The van der Waals surface area contributed by atoms with E-state index in [9.17, 15) is 0 Å². The van der Waals surface area contributed by atoms with Crippen molar-refractivity contribution in [1.82, 2.24) is 19.1 Å². The molecule has 488 valence electrons. The zero-order chi connectivity index (χ0) is 69.2. The van der Waals surface area contributed by atoms with Crippen LogP contribution in [0.1, 0.15) is 105 Å². The van der Waals surface area contributed by atoms with Gasteiger partial charge in [-0.2, -0.15) is 0 Å². The monoisotopic (exact) mass is 1300 g/mol. The van der Waals surface area contributed by atoms with E-state index >= 15 is 0 Å². The molecular formula is C96H81BN4. The number of rotatable bonds is 8. The van der Waals surface area contributed by atoms with E-state index in [0.29, 0.717) is 5.82 Å². The molecule has 4 nitrogen and oxygen atoms in total. The first kappa shape index (κ1) is 62.1. The lowest BCUT2D eigenvalue weighted by molar-refractivity contribution is 0.569. The number of fused-ring (bicyclic) bond motifs is 11. The Morgan fingerprint density at radius 3 is 1.07 bits per heavy atom. The summed E-state index contributed by atoms with van der Waals surface area (Å²) in [4.78, 5) is 11.5. The molecule has 13 aromatic carbocycles. The first-order valence-electron chi connectivity index (χ1n) is 36.0. The predicted molar refractivity (Wildman–Crippen MR) is 431 cm³/mol. The number of aromatic nitrogens is 4. The summed E-state index contributed by atoms with van der Waals surface area (Å²) < 4.78 is 5.37. The zero-order valence-electron chi connectivity index (χ0n) is 59.8. The Bertz CT molecular complexity index is 5730. The third-order valence-electron chi connectivity index (χ3n) is 21.9. The second kappa shape index (κ2) is 22.7. The maximum atomic E-state index is 5.95. The van der Waals surface area contributed by atoms with Gasteiger partial charge in [-0.15, -0.1) is 0 Å². The van der Waals surface area contributed by atoms with Crippen molar-refractivity contribution in [3.8, 4) is 101 Å². The number of hydrogen-bond donors (Lipinski definition) is 0. The van der Waals surface area contributed by atoms with Gasteiger partial charge < -0.3 is 9.13 Å². The molecular weight excluding hydrogens is 1220 g/mol. The van der Waals surface area contributed by atoms with Gasteiger partial charge in [-0.3, -0.25) is 0 Å². The average Bonchev–Trinajstić information content (AvgIpc) is 1.52. The van der Waals surface area contributed by atoms with Gasteiger partial charge in [0.1, 0.15) is 0 Å². The smallest absolute Gasteiger partial charge is 0.252 e. The zero-order valence-corrected chi connectivity index (χ0v) is 59.8. The van der Waals surface area contributed by atoms with Gasteiger partial charge in [0.05, 0.1) is 22.2 Å². The number of benzene rings is 13. The lowest BCUT2D eigenvalue weighted by Gasteiger charge is -2.35. The largest absolute Gasteiger partial charge is 0.310 e. The Morgan fingerprint density at radius 1 is 0.277 bits per heavy atom. The van der Waals surface area contributed by atoms with Crippen LogP contribution in [-0.2, 0) is 21.7 Å². The molecule has 0 saturated heterocycles. The van der Waals surface area contributed by atoms with Crippen molar-refractivity contribution in [3.63, 3.8) is 0 Å². The molecule has 0 N–H and O–H groups in total. The topological polar surface area (TPSA) is 35.6 Å². The van der Waals surface area contributed by atoms with Gasteiger partial charge in [0.2, 0.25) is 0 Å². The molecule has 0 aliphatic carbocycles. The molecule has 0 bridgehead atoms. The number of nitrogens with zero attached hydrogens (tertiary/aromatic N) is 4. The Balaban J connectivity index is 1.05. The minimum absolute atomic E-state index is 0.0130. The minimum atomic E-state index is -0.230. The summed E-state index contributed by atoms with van der Waals surface area (Å²) in [6.45, 7) is 27.5. The fraction of sp³-hybridized carbons (Fsp3) is 0.167. The molecule has 3 aromatic heterocycles. The van der Waals surface area contributed by atoms with Crippen molar-refractivity contribution >= 4 is 77.6 Å². The SMILES string of the molecule is CC(C)(C)c1ccc(-c2cc3c4c(c2)c2c(-c5ccccc5)cc(-c5ccccc5)cc2n4-c2cc(-c4nc(-c5cc(C(C)(C)C)cc(C(C)(C)C)c5)nc5ccccc45)cc4c2B3c2cc(-c3ccc(C(C)(C)C)cc3)cc3c5c(-c6ccccc6)cc(-c6ccccc6)cc5n-4c23)cc1. The highest BCUT2D eigenvalue weighted by Crippen LogP contribution is 2.49. The quantitative estimate of drug-likeness (QED) is 0.142. The summed E-state index contributed by atoms with van der Waals surface area (Å²) >= 11 is 0. The summed E-state index contributed by atoms with van der Waals surface area (Å²) in [5.74, 6) is 0.712. The van der Waals surface area contributed by atoms with E-state index in [1.54, 1.807) is 0 Å². The highest BCUT2D eigenvalue weighted by molar-refractivity contribution is 7.00. The second-order valence-corrected chi connectivity index (χ2v) is 32.6. The Hall–Kier alpha value is -11.1. The highest BCUT2D eigenvalue weighted by Gasteiger charge is 2.43. The van der Waals surface area contributed by atoms with Gasteiger partial charge in [0, 0.05) is 60.5 Å². The van der Waals surface area contributed by atoms with E-state index in [1.165, 1.54) is 127 Å². The fourth-order valence-electron chi connectivity index (χ4n) is 16.4. The summed E-state index contributed by atoms with van der Waals surface area (Å²) in [6, 6.07) is 104. The van der Waals surface area contributed by atoms with Gasteiger partial charge in [0.15, 0.2) is 5.82 Å². The molecule has 101 heavy (non-hydrogen) atoms. The van der Waals surface area contributed by atoms with E-state index in [2.05, 4.69) is 365 Å². The van der Waals surface area contributed by atoms with E-state index in [-0.39, 0.29) is 28.4 Å². The number of hydrogen-bond acceptors (Lipinski definition) is 2. The van der Waals surface area contributed by atoms with Crippen LogP contribution in [0.3, 0.4) is 0 Å². The molecule has 0 spiro atoms. The Kier molecular flexibility index (Phi) is 14.0. The first-order valence-corrected chi connectivity index (χ1v) is 36.0. The van der Waals surface area contributed by atoms with Crippen LogP contribution < -0.4 is 16.4 Å². The van der Waals surface area contributed by atoms with Gasteiger partial charge in [-0.1, -0.05) is 289 Å². The summed E-state index contributed by atoms with van der Waals surface area (Å²) in [5.41, 5.74) is 33.7. The Morgan fingerprint density at radius 2 is 0.653 bits per heavy atom. The first-order chi connectivity index (χ1) is 48.6. The van der Waals surface area contributed by atoms with Crippen LogP contribution in [0.25, 0.3) is 155 Å². The van der Waals surface area contributed by atoms with Crippen LogP contribution in [0.2, 0.25) is 0 Å². The van der Waals surface area contributed by atoms with Crippen LogP contribution in [-0.4, -0.2) is 25.8 Å². The van der Waals surface area contributed by atoms with Crippen molar-refractivity contribution in [2.75, 3.05) is 0 Å². The molecule has 0 saturated carbocycles. The molecule has 0 radical (unpaired) electrons. The van der Waals surface area contributed by atoms with E-state index in [0.717, 1.165) is 61.3 Å². The van der Waals surface area contributed by atoms with Crippen molar-refractivity contribution in [1.29, 1.82) is 0 Å². The molecule has 5 heterocycles. The van der Waals surface area contributed by atoms with Gasteiger partial charge in [-0.05, 0) is 194 Å². The molecule has 0 unspecified atom stereocenters. The molecule has 2 aliphatic heterocycles. The molecule has 16 aromatic rings. The van der Waals surface area contributed by atoms with Crippen LogP contribution in [0.5, 0.6) is 0 Å². The maximum absolute atomic E-state index is 5.95. The molecule has 0 fully saturated rings. The summed E-state index contributed by atoms with van der Waals surface area (Å²) in [6.07, 6.45) is 0. The van der Waals surface area contributed by atoms with Crippen molar-refractivity contribution in [2.45, 2.75) is 105 Å². The summed E-state index contributed by atoms with van der Waals surface area (Å²) in [5, 5.41) is 5.90. The Labute approximate surface area is 593 Å². The minimum Gasteiger partial charge on any atom is -0.310 e. The summed E-state index contributed by atoms with van der Waals surface area (Å²) in [7, 11) is 0. The van der Waals surface area contributed by atoms with Crippen molar-refractivity contribution < 1.29 is 0 Å². The second-order valence-electron chi connectivity index (χ2n) is 32.6. The molecule has 18 rings (SSSR count). The normalized spacial score (nSPS) is 12.9. The van der Waals surface area contributed by atoms with Crippen LogP contribution in [0.4, 0.5) is 0 Å². The number of para-hydroxylation sites is 1. The van der Waals surface area contributed by atoms with Crippen LogP contribution in [0, 0.1) is 0 Å². The van der Waals surface area contributed by atoms with Crippen molar-refractivity contribution in [3.05, 3.63) is 295 Å². The van der Waals surface area contributed by atoms with Crippen LogP contribution >= 0.6 is 0 Å². The van der Waals surface area contributed by atoms with E-state index in [1.807, 2.05) is 0 Å². The molecule has 0 atom stereocenters. The third kappa shape index (κ3) is 10.2. The van der Waals surface area contributed by atoms with E-state index in [4.69, 9.17) is 9.97 Å². The van der Waals surface area contributed by atoms with E-state index < -0.39 is 0 Å². The molecule has 2 aliphatic rings. The standard InChI is InChI=1S/C96H81BN4/c1-93(2,3)70-41-37-60(38-42-70)64-49-77-86-75(62-31-21-15-22-32-62)47-66(58-27-17-13-18-28-58)53-82(86)100-84-55-68(89-74-35-25-26-36-81(74)98-92(99-89)69-45-72(95(7,8)9)57-73(46-69)96(10,11)12)56-85-88(84)97(79(51-64)90(77)100)80-52-65(61-39-43-71(44-40-61)94(4,5)6)50-78-87-76(63-33-23-16-24-34-63)48-67(59-29-19-14-20-30-59)54-83(87)101(85)91(78)80/h13-57H,1-12H3. The molecule has 0 amide bonds. The van der Waals surface area contributed by atoms with Crippen LogP contribution in [0.15, 0.2) is 273 Å². The highest BCUT2D eigenvalue weighted by atomic mass is 15.0. The fourth-order valence-corrected chi connectivity index (χ4v) is 16.4.